The lowest BCUT2D eigenvalue weighted by Gasteiger charge is -2.05. The zero-order valence-electron chi connectivity index (χ0n) is 8.23. The highest BCUT2D eigenvalue weighted by atomic mass is 32.1. The summed E-state index contributed by atoms with van der Waals surface area (Å²) in [5.74, 6) is 6.64. The molecule has 0 saturated heterocycles. The Bertz CT molecular complexity index is 364. The fraction of sp³-hybridized carbons (Fsp3) is 0.333. The third kappa shape index (κ3) is 3.62. The van der Waals surface area contributed by atoms with E-state index in [1.54, 1.807) is 0 Å². The predicted octanol–water partition coefficient (Wildman–Crippen LogP) is -1.10. The smallest absolute Gasteiger partial charge is 0.171 e. The first kappa shape index (κ1) is 12.6. The van der Waals surface area contributed by atoms with Crippen molar-refractivity contribution >= 4 is 35.6 Å². The quantitative estimate of drug-likeness (QED) is 0.160. The average Bonchev–Trinajstić information content (AvgIpc) is 2.53. The van der Waals surface area contributed by atoms with Gasteiger partial charge >= 0.3 is 0 Å². The summed E-state index contributed by atoms with van der Waals surface area (Å²) in [6.45, 7) is 0.536. The fourth-order valence-electron chi connectivity index (χ4n) is 0.927. The highest BCUT2D eigenvalue weighted by Gasteiger charge is 2.09. The van der Waals surface area contributed by atoms with Crippen LogP contribution in [0.2, 0.25) is 0 Å². The molecule has 88 valence electrons. The second-order valence-electron chi connectivity index (χ2n) is 2.81. The summed E-state index contributed by atoms with van der Waals surface area (Å²) in [4.78, 5) is 0. The number of rotatable bonds is 4. The van der Waals surface area contributed by atoms with E-state index in [9.17, 15) is 0 Å². The average molecular weight is 260 g/mol. The van der Waals surface area contributed by atoms with Gasteiger partial charge in [0.05, 0.1) is 13.1 Å². The molecule has 0 fully saturated rings. The maximum absolute atomic E-state index is 7.06. The van der Waals surface area contributed by atoms with Gasteiger partial charge in [0.15, 0.2) is 22.0 Å². The van der Waals surface area contributed by atoms with Gasteiger partial charge in [-0.3, -0.25) is 10.8 Å². The first-order valence-corrected chi connectivity index (χ1v) is 5.11. The van der Waals surface area contributed by atoms with Crippen LogP contribution >= 0.6 is 25.3 Å². The van der Waals surface area contributed by atoms with Crippen molar-refractivity contribution in [2.45, 2.75) is 13.1 Å². The van der Waals surface area contributed by atoms with E-state index in [1.165, 1.54) is 4.68 Å². The van der Waals surface area contributed by atoms with E-state index >= 15 is 0 Å². The van der Waals surface area contributed by atoms with E-state index in [4.69, 9.17) is 16.7 Å². The number of thiol groups is 2. The van der Waals surface area contributed by atoms with Gasteiger partial charge in [0, 0.05) is 0 Å². The Kier molecular flexibility index (Phi) is 4.43. The first-order valence-electron chi connectivity index (χ1n) is 4.21. The molecular weight excluding hydrogens is 248 g/mol. The standard InChI is InChI=1S/C6H12N8S2/c7-5(15)10-1-3-12-13-4(14(3)9)2-11-6(8)16/h1-2,9H2,(H3,7,10,15)(H3,8,11,16). The molecule has 6 N–H and O–H groups in total. The third-order valence-corrected chi connectivity index (χ3v) is 1.98. The molecule has 0 spiro atoms. The Labute approximate surface area is 103 Å². The first-order chi connectivity index (χ1) is 7.50. The van der Waals surface area contributed by atoms with Crippen molar-refractivity contribution in [3.05, 3.63) is 11.6 Å². The number of nitrogens with one attached hydrogen (secondary N) is 4. The summed E-state index contributed by atoms with van der Waals surface area (Å²) in [7, 11) is 0. The van der Waals surface area contributed by atoms with Gasteiger partial charge in [0.25, 0.3) is 0 Å². The van der Waals surface area contributed by atoms with Crippen molar-refractivity contribution in [2.75, 3.05) is 5.84 Å². The maximum Gasteiger partial charge on any atom is 0.171 e. The summed E-state index contributed by atoms with van der Waals surface area (Å²) in [5, 5.41) is 27.1. The molecule has 10 heteroatoms. The summed E-state index contributed by atoms with van der Waals surface area (Å²) in [6, 6.07) is 0. The number of aromatic nitrogens is 3. The van der Waals surface area contributed by atoms with Gasteiger partial charge < -0.3 is 16.5 Å². The molecule has 16 heavy (non-hydrogen) atoms. The van der Waals surface area contributed by atoms with Crippen molar-refractivity contribution in [3.63, 3.8) is 0 Å². The maximum atomic E-state index is 7.06. The molecule has 1 aromatic rings. The molecule has 0 aliphatic heterocycles. The van der Waals surface area contributed by atoms with E-state index in [1.807, 2.05) is 0 Å². The molecule has 0 bridgehead atoms. The molecule has 1 aromatic heterocycles. The fourth-order valence-corrected chi connectivity index (χ4v) is 1.09. The minimum Gasteiger partial charge on any atom is -0.358 e. The molecule has 1 heterocycles. The topological polar surface area (TPSA) is 128 Å². The summed E-state index contributed by atoms with van der Waals surface area (Å²) in [5.41, 5.74) is 0. The van der Waals surface area contributed by atoms with Crippen LogP contribution in [-0.2, 0) is 13.1 Å². The van der Waals surface area contributed by atoms with Crippen LogP contribution in [0.5, 0.6) is 0 Å². The Hall–Kier alpha value is -1.42. The van der Waals surface area contributed by atoms with Gasteiger partial charge in [-0.1, -0.05) is 0 Å². The molecule has 8 nitrogen and oxygen atoms in total. The Morgan fingerprint density at radius 2 is 1.50 bits per heavy atom. The lowest BCUT2D eigenvalue weighted by atomic mass is 10.5. The number of nitrogen functional groups attached to an aromatic ring is 1. The minimum absolute atomic E-state index is 0.0276. The predicted molar refractivity (Wildman–Crippen MR) is 67.3 cm³/mol. The van der Waals surface area contributed by atoms with E-state index in [0.717, 1.165) is 0 Å². The third-order valence-electron chi connectivity index (χ3n) is 1.66. The van der Waals surface area contributed by atoms with Crippen molar-refractivity contribution in [1.82, 2.24) is 25.5 Å². The highest BCUT2D eigenvalue weighted by Crippen LogP contribution is 1.97. The molecule has 0 atom stereocenters. The second-order valence-corrected chi connectivity index (χ2v) is 3.70. The van der Waals surface area contributed by atoms with Crippen molar-refractivity contribution in [2.24, 2.45) is 0 Å². The summed E-state index contributed by atoms with van der Waals surface area (Å²) >= 11 is 7.52. The van der Waals surface area contributed by atoms with Gasteiger partial charge in [0.1, 0.15) is 0 Å². The van der Waals surface area contributed by atoms with Crippen LogP contribution in [0.4, 0.5) is 0 Å². The number of amidine groups is 2. The zero-order chi connectivity index (χ0) is 12.1. The second kappa shape index (κ2) is 5.61. The van der Waals surface area contributed by atoms with Gasteiger partial charge in [-0.05, 0) is 0 Å². The van der Waals surface area contributed by atoms with Gasteiger partial charge in [-0.15, -0.1) is 35.5 Å². The SMILES string of the molecule is N=C(S)NCc1nnc(CNC(=N)S)n1N. The molecule has 0 saturated carbocycles. The van der Waals surface area contributed by atoms with Gasteiger partial charge in [0.2, 0.25) is 0 Å². The molecular formula is C6H12N8S2. The molecule has 0 aliphatic rings. The lowest BCUT2D eigenvalue weighted by molar-refractivity contribution is 0.739. The number of hydrogen-bond acceptors (Lipinski definition) is 5. The van der Waals surface area contributed by atoms with Gasteiger partial charge in [-0.2, -0.15) is 0 Å². The molecule has 0 aromatic carbocycles. The van der Waals surface area contributed by atoms with Crippen molar-refractivity contribution in [1.29, 1.82) is 10.8 Å². The Morgan fingerprint density at radius 1 is 1.12 bits per heavy atom. The van der Waals surface area contributed by atoms with E-state index in [0.29, 0.717) is 11.6 Å². The van der Waals surface area contributed by atoms with Gasteiger partial charge in [-0.25, -0.2) is 4.68 Å². The van der Waals surface area contributed by atoms with Crippen LogP contribution in [0.1, 0.15) is 11.6 Å². The van der Waals surface area contributed by atoms with E-state index in [-0.39, 0.29) is 23.4 Å². The molecule has 0 amide bonds. The van der Waals surface area contributed by atoms with Crippen LogP contribution in [-0.4, -0.2) is 25.2 Å². The molecule has 0 aliphatic carbocycles. The normalized spacial score (nSPS) is 9.88. The number of hydrogen-bond donors (Lipinski definition) is 7. The summed E-state index contributed by atoms with van der Waals surface area (Å²) < 4.78 is 1.29. The highest BCUT2D eigenvalue weighted by molar-refractivity contribution is 7.96. The Morgan fingerprint density at radius 3 is 1.81 bits per heavy atom. The monoisotopic (exact) mass is 260 g/mol. The van der Waals surface area contributed by atoms with Crippen molar-refractivity contribution in [3.8, 4) is 0 Å². The Balaban J connectivity index is 2.61. The van der Waals surface area contributed by atoms with Crippen LogP contribution in [0.3, 0.4) is 0 Å². The van der Waals surface area contributed by atoms with Crippen LogP contribution in [0.15, 0.2) is 0 Å². The number of nitrogens with zero attached hydrogens (tertiary/aromatic N) is 3. The zero-order valence-corrected chi connectivity index (χ0v) is 10.0. The van der Waals surface area contributed by atoms with Crippen LogP contribution in [0, 0.1) is 10.8 Å². The van der Waals surface area contributed by atoms with E-state index in [2.05, 4.69) is 46.1 Å². The number of nitrogens with two attached hydrogens (primary N) is 1. The lowest BCUT2D eigenvalue weighted by Crippen LogP contribution is -2.26. The van der Waals surface area contributed by atoms with E-state index < -0.39 is 0 Å². The molecule has 0 unspecified atom stereocenters. The molecule has 1 rings (SSSR count). The van der Waals surface area contributed by atoms with Crippen molar-refractivity contribution < 1.29 is 0 Å². The minimum atomic E-state index is 0.0276. The van der Waals surface area contributed by atoms with Crippen LogP contribution < -0.4 is 16.5 Å². The largest absolute Gasteiger partial charge is 0.358 e. The molecule has 0 radical (unpaired) electrons. The summed E-state index contributed by atoms with van der Waals surface area (Å²) in [6.07, 6.45) is 0. The van der Waals surface area contributed by atoms with Crippen LogP contribution in [0.25, 0.3) is 0 Å².